The number of carbonyl (C=O) groups is 2. The van der Waals surface area contributed by atoms with E-state index in [1.54, 1.807) is 74.5 Å². The maximum absolute atomic E-state index is 13.8. The molecular weight excluding hydrogens is 526 g/mol. The third-order valence-electron chi connectivity index (χ3n) is 6.07. The maximum atomic E-state index is 13.8. The summed E-state index contributed by atoms with van der Waals surface area (Å²) in [6, 6.07) is 18.9. The number of sulfonamides is 1. The lowest BCUT2D eigenvalue weighted by Gasteiger charge is -2.32. The summed E-state index contributed by atoms with van der Waals surface area (Å²) in [4.78, 5) is 28.0. The average molecular weight is 558 g/mol. The Labute approximate surface area is 229 Å². The van der Waals surface area contributed by atoms with Crippen molar-refractivity contribution in [3.63, 3.8) is 0 Å². The Morgan fingerprint density at radius 3 is 2.21 bits per heavy atom. The first kappa shape index (κ1) is 29.0. The maximum Gasteiger partial charge on any atom is 0.264 e. The highest BCUT2D eigenvalue weighted by Gasteiger charge is 2.32. The number of ether oxygens (including phenoxy) is 1. The van der Waals surface area contributed by atoms with Gasteiger partial charge in [0.05, 0.1) is 17.7 Å². The van der Waals surface area contributed by atoms with Crippen molar-refractivity contribution in [1.29, 1.82) is 0 Å². The molecule has 3 aromatic rings. The monoisotopic (exact) mass is 557 g/mol. The molecular formula is C28H32ClN3O5S. The molecule has 0 radical (unpaired) electrons. The van der Waals surface area contributed by atoms with Gasteiger partial charge in [-0.1, -0.05) is 47.5 Å². The van der Waals surface area contributed by atoms with Crippen LogP contribution >= 0.6 is 11.6 Å². The summed E-state index contributed by atoms with van der Waals surface area (Å²) in [5.74, 6) is -0.376. The van der Waals surface area contributed by atoms with Crippen LogP contribution in [0.15, 0.2) is 77.7 Å². The molecule has 0 aliphatic carbocycles. The predicted octanol–water partition coefficient (Wildman–Crippen LogP) is 4.41. The zero-order valence-corrected chi connectivity index (χ0v) is 23.4. The fourth-order valence-electron chi connectivity index (χ4n) is 3.83. The summed E-state index contributed by atoms with van der Waals surface area (Å²) in [5.41, 5.74) is 1.82. The number of hydrogen-bond acceptors (Lipinski definition) is 5. The van der Waals surface area contributed by atoms with Crippen LogP contribution in [0.5, 0.6) is 5.75 Å². The van der Waals surface area contributed by atoms with E-state index in [4.69, 9.17) is 16.3 Å². The average Bonchev–Trinajstić information content (AvgIpc) is 2.91. The van der Waals surface area contributed by atoms with Crippen LogP contribution in [0.4, 0.5) is 5.69 Å². The van der Waals surface area contributed by atoms with E-state index >= 15 is 0 Å². The Kier molecular flexibility index (Phi) is 9.77. The lowest BCUT2D eigenvalue weighted by Crippen LogP contribution is -2.51. The van der Waals surface area contributed by atoms with E-state index < -0.39 is 28.5 Å². The normalized spacial score (nSPS) is 11.9. The molecule has 0 aliphatic heterocycles. The van der Waals surface area contributed by atoms with Gasteiger partial charge in [0.15, 0.2) is 0 Å². The molecule has 3 rings (SSSR count). The topological polar surface area (TPSA) is 96.0 Å². The lowest BCUT2D eigenvalue weighted by atomic mass is 10.1. The second kappa shape index (κ2) is 12.8. The molecule has 0 unspecified atom stereocenters. The van der Waals surface area contributed by atoms with E-state index in [1.807, 2.05) is 6.92 Å². The first-order chi connectivity index (χ1) is 18.1. The predicted molar refractivity (Wildman–Crippen MR) is 149 cm³/mol. The van der Waals surface area contributed by atoms with Gasteiger partial charge < -0.3 is 15.0 Å². The fraction of sp³-hybridized carbons (Fsp3) is 0.286. The zero-order chi connectivity index (χ0) is 27.9. The number of nitrogens with one attached hydrogen (secondary N) is 1. The van der Waals surface area contributed by atoms with Gasteiger partial charge in [0.25, 0.3) is 10.0 Å². The number of amides is 2. The number of methoxy groups -OCH3 is 1. The molecule has 0 saturated carbocycles. The molecule has 8 nitrogen and oxygen atoms in total. The second-order valence-electron chi connectivity index (χ2n) is 8.71. The quantitative estimate of drug-likeness (QED) is 0.377. The van der Waals surface area contributed by atoms with Crippen molar-refractivity contribution in [2.45, 2.75) is 38.3 Å². The number of hydrogen-bond donors (Lipinski definition) is 1. The Bertz CT molecular complexity index is 1360. The molecule has 2 amide bonds. The third kappa shape index (κ3) is 6.85. The highest BCUT2D eigenvalue weighted by atomic mass is 35.5. The minimum Gasteiger partial charge on any atom is -0.497 e. The minimum atomic E-state index is -4.14. The highest BCUT2D eigenvalue weighted by Crippen LogP contribution is 2.27. The molecule has 202 valence electrons. The van der Waals surface area contributed by atoms with Crippen LogP contribution in [0.25, 0.3) is 0 Å². The zero-order valence-electron chi connectivity index (χ0n) is 21.8. The van der Waals surface area contributed by atoms with E-state index in [0.717, 1.165) is 9.87 Å². The van der Waals surface area contributed by atoms with Gasteiger partial charge in [-0.15, -0.1) is 0 Å². The van der Waals surface area contributed by atoms with E-state index in [2.05, 4.69) is 5.32 Å². The van der Waals surface area contributed by atoms with Crippen LogP contribution in [-0.4, -0.2) is 51.4 Å². The van der Waals surface area contributed by atoms with Crippen molar-refractivity contribution in [3.05, 3.63) is 88.9 Å². The van der Waals surface area contributed by atoms with Gasteiger partial charge in [0.2, 0.25) is 11.8 Å². The third-order valence-corrected chi connectivity index (χ3v) is 8.22. The second-order valence-corrected chi connectivity index (χ2v) is 11.0. The van der Waals surface area contributed by atoms with Crippen LogP contribution in [0, 0.1) is 6.92 Å². The van der Waals surface area contributed by atoms with Crippen molar-refractivity contribution in [3.8, 4) is 5.75 Å². The number of aryl methyl sites for hydroxylation is 1. The smallest absolute Gasteiger partial charge is 0.264 e. The Morgan fingerprint density at radius 2 is 1.63 bits per heavy atom. The van der Waals surface area contributed by atoms with E-state index in [9.17, 15) is 18.0 Å². The van der Waals surface area contributed by atoms with Crippen LogP contribution < -0.4 is 14.4 Å². The molecule has 0 aromatic heterocycles. The molecule has 3 aromatic carbocycles. The van der Waals surface area contributed by atoms with Crippen molar-refractivity contribution in [1.82, 2.24) is 10.2 Å². The van der Waals surface area contributed by atoms with Crippen molar-refractivity contribution in [2.75, 3.05) is 24.5 Å². The van der Waals surface area contributed by atoms with Gasteiger partial charge in [-0.05, 0) is 68.8 Å². The molecule has 38 heavy (non-hydrogen) atoms. The molecule has 1 N–H and O–H groups in total. The van der Waals surface area contributed by atoms with Gasteiger partial charge >= 0.3 is 0 Å². The molecule has 10 heteroatoms. The lowest BCUT2D eigenvalue weighted by molar-refractivity contribution is -0.139. The van der Waals surface area contributed by atoms with Gasteiger partial charge in [-0.3, -0.25) is 13.9 Å². The van der Waals surface area contributed by atoms with Crippen LogP contribution in [0.3, 0.4) is 0 Å². The van der Waals surface area contributed by atoms with Crippen LogP contribution in [0.1, 0.15) is 25.0 Å². The number of halogens is 1. The molecule has 0 bridgehead atoms. The number of anilines is 1. The number of likely N-dealkylation sites (N-methyl/N-ethyl adjacent to an activating group) is 1. The summed E-state index contributed by atoms with van der Waals surface area (Å²) in [6.07, 6.45) is 0. The molecule has 0 saturated heterocycles. The Morgan fingerprint density at radius 1 is 1.00 bits per heavy atom. The largest absolute Gasteiger partial charge is 0.497 e. The minimum absolute atomic E-state index is 0.0256. The number of rotatable bonds is 11. The Balaban J connectivity index is 2.04. The number of benzene rings is 3. The molecule has 0 aliphatic rings. The first-order valence-electron chi connectivity index (χ1n) is 12.1. The SMILES string of the molecule is CCNC(=O)[C@@H](C)N(Cc1ccccc1Cl)C(=O)CN(c1ccc(OC)cc1)S(=O)(=O)c1ccc(C)cc1. The summed E-state index contributed by atoms with van der Waals surface area (Å²) in [6.45, 7) is 5.12. The van der Waals surface area contributed by atoms with Gasteiger partial charge in [-0.2, -0.15) is 0 Å². The molecule has 0 fully saturated rings. The summed E-state index contributed by atoms with van der Waals surface area (Å²) in [7, 11) is -2.63. The van der Waals surface area contributed by atoms with E-state index in [-0.39, 0.29) is 23.0 Å². The summed E-state index contributed by atoms with van der Waals surface area (Å²) < 4.78 is 33.9. The highest BCUT2D eigenvalue weighted by molar-refractivity contribution is 7.92. The van der Waals surface area contributed by atoms with Crippen molar-refractivity contribution in [2.24, 2.45) is 0 Å². The Hall–Kier alpha value is -3.56. The van der Waals surface area contributed by atoms with Gasteiger partial charge in [0, 0.05) is 18.1 Å². The van der Waals surface area contributed by atoms with E-state index in [0.29, 0.717) is 22.9 Å². The van der Waals surface area contributed by atoms with Gasteiger partial charge in [-0.25, -0.2) is 8.42 Å². The number of nitrogens with zero attached hydrogens (tertiary/aromatic N) is 2. The van der Waals surface area contributed by atoms with E-state index in [1.165, 1.54) is 24.1 Å². The fourth-order valence-corrected chi connectivity index (χ4v) is 5.44. The number of carbonyl (C=O) groups excluding carboxylic acids is 2. The van der Waals surface area contributed by atoms with Crippen molar-refractivity contribution >= 4 is 39.1 Å². The standard InChI is InChI=1S/C28H32ClN3O5S/c1-5-30-28(34)21(3)31(18-22-8-6-7-9-26(22)29)27(33)19-32(23-12-14-24(37-4)15-13-23)38(35,36)25-16-10-20(2)11-17-25/h6-17,21H,5,18-19H2,1-4H3,(H,30,34)/t21-/m1/s1. The summed E-state index contributed by atoms with van der Waals surface area (Å²) in [5, 5.41) is 3.17. The molecule has 1 atom stereocenters. The van der Waals surface area contributed by atoms with Crippen molar-refractivity contribution < 1.29 is 22.7 Å². The molecule has 0 spiro atoms. The van der Waals surface area contributed by atoms with Crippen LogP contribution in [-0.2, 0) is 26.2 Å². The van der Waals surface area contributed by atoms with Gasteiger partial charge in [0.1, 0.15) is 18.3 Å². The molecule has 0 heterocycles. The first-order valence-corrected chi connectivity index (χ1v) is 13.9. The summed E-state index contributed by atoms with van der Waals surface area (Å²) >= 11 is 6.36. The van der Waals surface area contributed by atoms with Crippen LogP contribution in [0.2, 0.25) is 5.02 Å².